The number of hydrogen-bond acceptors (Lipinski definition) is 4. The lowest BCUT2D eigenvalue weighted by Gasteiger charge is -2.17. The molecule has 0 radical (unpaired) electrons. The van der Waals surface area contributed by atoms with Gasteiger partial charge in [-0.1, -0.05) is 64.1 Å². The van der Waals surface area contributed by atoms with E-state index in [1.54, 1.807) is 0 Å². The van der Waals surface area contributed by atoms with Crippen LogP contribution in [0.2, 0.25) is 0 Å². The van der Waals surface area contributed by atoms with Crippen molar-refractivity contribution < 1.29 is 9.59 Å². The van der Waals surface area contributed by atoms with Gasteiger partial charge in [-0.3, -0.25) is 9.59 Å². The third-order valence-corrected chi connectivity index (χ3v) is 7.53. The summed E-state index contributed by atoms with van der Waals surface area (Å²) in [5.74, 6) is 0.417. The van der Waals surface area contributed by atoms with E-state index in [0.717, 1.165) is 97.6 Å². The van der Waals surface area contributed by atoms with Gasteiger partial charge in [-0.25, -0.2) is 0 Å². The summed E-state index contributed by atoms with van der Waals surface area (Å²) in [7, 11) is 0. The number of Topliss-reactive ketones (excluding diaryl/α,β-unsaturated/α-hetero) is 2. The second kappa shape index (κ2) is 14.2. The van der Waals surface area contributed by atoms with Gasteiger partial charge in [0.05, 0.1) is 0 Å². The Hall–Kier alpha value is -2.56. The van der Waals surface area contributed by atoms with Crippen LogP contribution in [-0.4, -0.2) is 60.6 Å². The number of unbranched alkanes of at least 4 members (excludes halogenated alkanes) is 2. The molecule has 3 rings (SSSR count). The van der Waals surface area contributed by atoms with Gasteiger partial charge in [0, 0.05) is 24.0 Å². The largest absolute Gasteiger partial charge is 0.304 e. The van der Waals surface area contributed by atoms with Crippen LogP contribution in [0.4, 0.5) is 0 Å². The smallest absolute Gasteiger partial charge is 0.163 e. The summed E-state index contributed by atoms with van der Waals surface area (Å²) >= 11 is 0. The van der Waals surface area contributed by atoms with Crippen LogP contribution in [0.15, 0.2) is 48.5 Å². The van der Waals surface area contributed by atoms with Gasteiger partial charge in [0.15, 0.2) is 11.6 Å². The van der Waals surface area contributed by atoms with Crippen molar-refractivity contribution in [1.82, 2.24) is 9.80 Å². The van der Waals surface area contributed by atoms with E-state index in [-0.39, 0.29) is 11.6 Å². The maximum absolute atomic E-state index is 13.1. The molecule has 0 atom stereocenters. The molecule has 36 heavy (non-hydrogen) atoms. The molecule has 0 fully saturated rings. The molecule has 4 nitrogen and oxygen atoms in total. The molecule has 3 aromatic carbocycles. The molecule has 0 saturated heterocycles. The van der Waals surface area contributed by atoms with Crippen molar-refractivity contribution in [3.63, 3.8) is 0 Å². The number of fused-ring (bicyclic) bond motifs is 2. The fourth-order valence-corrected chi connectivity index (χ4v) is 5.13. The predicted octanol–water partition coefficient (Wildman–Crippen LogP) is 7.38. The first-order chi connectivity index (χ1) is 17.5. The highest BCUT2D eigenvalue weighted by atomic mass is 16.1. The Morgan fingerprint density at radius 1 is 0.583 bits per heavy atom. The fraction of sp³-hybridized carbons (Fsp3) is 0.500. The summed E-state index contributed by atoms with van der Waals surface area (Å²) in [6, 6.07) is 16.1. The topological polar surface area (TPSA) is 40.6 Å². The number of carbonyl (C=O) groups excluding carboxylic acids is 2. The number of hydrogen-bond donors (Lipinski definition) is 0. The van der Waals surface area contributed by atoms with Crippen LogP contribution in [0.25, 0.3) is 21.5 Å². The average Bonchev–Trinajstić information content (AvgIpc) is 2.91. The molecule has 0 aromatic heterocycles. The van der Waals surface area contributed by atoms with Crippen LogP contribution in [0.5, 0.6) is 0 Å². The SMILES string of the molecule is CCN(CC)CCCCC(=O)c1cccc2cc3c(C(=O)CCCCN(CC)CC)cccc3cc12. The highest BCUT2D eigenvalue weighted by Crippen LogP contribution is 2.29. The van der Waals surface area contributed by atoms with Crippen molar-refractivity contribution in [1.29, 1.82) is 0 Å². The summed E-state index contributed by atoms with van der Waals surface area (Å²) in [6.45, 7) is 15.1. The standard InChI is InChI=1S/C32H44N2O2/c1-5-33(6-2)21-11-9-19-31(35)27-17-13-15-25-24-30-26(23-29(25)27)16-14-18-28(30)32(36)20-10-12-22-34(7-3)8-4/h13-18,23-24H,5-12,19-22H2,1-4H3. The monoisotopic (exact) mass is 488 g/mol. The lowest BCUT2D eigenvalue weighted by Crippen LogP contribution is -2.24. The highest BCUT2D eigenvalue weighted by Gasteiger charge is 2.14. The van der Waals surface area contributed by atoms with E-state index >= 15 is 0 Å². The van der Waals surface area contributed by atoms with Crippen LogP contribution >= 0.6 is 0 Å². The van der Waals surface area contributed by atoms with Crippen LogP contribution < -0.4 is 0 Å². The van der Waals surface area contributed by atoms with Gasteiger partial charge in [0.25, 0.3) is 0 Å². The van der Waals surface area contributed by atoms with E-state index < -0.39 is 0 Å². The molecule has 0 spiro atoms. The molecule has 0 bridgehead atoms. The van der Waals surface area contributed by atoms with E-state index in [4.69, 9.17) is 0 Å². The summed E-state index contributed by atoms with van der Waals surface area (Å²) in [5, 5.41) is 4.03. The second-order valence-corrected chi connectivity index (χ2v) is 9.72. The Bertz CT molecular complexity index is 1050. The first-order valence-corrected chi connectivity index (χ1v) is 14.0. The fourth-order valence-electron chi connectivity index (χ4n) is 5.13. The summed E-state index contributed by atoms with van der Waals surface area (Å²) in [4.78, 5) is 31.0. The Balaban J connectivity index is 1.74. The van der Waals surface area contributed by atoms with E-state index in [0.29, 0.717) is 12.8 Å². The predicted molar refractivity (Wildman–Crippen MR) is 153 cm³/mol. The van der Waals surface area contributed by atoms with E-state index in [1.165, 1.54) is 0 Å². The van der Waals surface area contributed by atoms with Crippen molar-refractivity contribution in [2.24, 2.45) is 0 Å². The summed E-state index contributed by atoms with van der Waals surface area (Å²) in [6.07, 6.45) is 5.05. The number of rotatable bonds is 16. The number of benzene rings is 3. The molecule has 0 aliphatic rings. The Morgan fingerprint density at radius 3 is 1.33 bits per heavy atom. The molecule has 0 heterocycles. The maximum atomic E-state index is 13.1. The van der Waals surface area contributed by atoms with Gasteiger partial charge in [-0.05, 0) is 98.6 Å². The quantitative estimate of drug-likeness (QED) is 0.120. The molecule has 194 valence electrons. The lowest BCUT2D eigenvalue weighted by atomic mass is 9.92. The first kappa shape index (κ1) is 28.0. The van der Waals surface area contributed by atoms with Gasteiger partial charge >= 0.3 is 0 Å². The molecule has 0 unspecified atom stereocenters. The number of ketones is 2. The Kier molecular flexibility index (Phi) is 11.1. The molecule has 3 aromatic rings. The number of nitrogens with zero attached hydrogens (tertiary/aromatic N) is 2. The van der Waals surface area contributed by atoms with Gasteiger partial charge in [0.1, 0.15) is 0 Å². The molecular formula is C32H44N2O2. The summed E-state index contributed by atoms with van der Waals surface area (Å²) < 4.78 is 0. The number of carbonyl (C=O) groups is 2. The average molecular weight is 489 g/mol. The van der Waals surface area contributed by atoms with Gasteiger partial charge < -0.3 is 9.80 Å². The van der Waals surface area contributed by atoms with Crippen LogP contribution in [0.3, 0.4) is 0 Å². The van der Waals surface area contributed by atoms with Gasteiger partial charge in [-0.2, -0.15) is 0 Å². The van der Waals surface area contributed by atoms with Crippen molar-refractivity contribution in [2.45, 2.75) is 66.2 Å². The molecule has 0 aliphatic heterocycles. The minimum absolute atomic E-state index is 0.208. The first-order valence-electron chi connectivity index (χ1n) is 14.0. The molecule has 0 amide bonds. The van der Waals surface area contributed by atoms with Crippen LogP contribution in [0.1, 0.15) is 86.9 Å². The summed E-state index contributed by atoms with van der Waals surface area (Å²) in [5.41, 5.74) is 1.59. The molecular weight excluding hydrogens is 444 g/mol. The van der Waals surface area contributed by atoms with Crippen LogP contribution in [0, 0.1) is 0 Å². The Labute approximate surface area is 217 Å². The van der Waals surface area contributed by atoms with E-state index in [1.807, 2.05) is 24.3 Å². The second-order valence-electron chi connectivity index (χ2n) is 9.72. The normalized spacial score (nSPS) is 11.7. The van der Waals surface area contributed by atoms with Crippen LogP contribution in [-0.2, 0) is 0 Å². The van der Waals surface area contributed by atoms with Crippen molar-refractivity contribution in [3.05, 3.63) is 59.7 Å². The zero-order chi connectivity index (χ0) is 25.9. The van der Waals surface area contributed by atoms with Crippen molar-refractivity contribution in [3.8, 4) is 0 Å². The maximum Gasteiger partial charge on any atom is 0.163 e. The van der Waals surface area contributed by atoms with E-state index in [2.05, 4.69) is 61.8 Å². The zero-order valence-corrected chi connectivity index (χ0v) is 22.8. The minimum atomic E-state index is 0.208. The molecule has 4 heteroatoms. The van der Waals surface area contributed by atoms with Crippen molar-refractivity contribution >= 4 is 33.1 Å². The molecule has 0 saturated carbocycles. The van der Waals surface area contributed by atoms with Gasteiger partial charge in [-0.15, -0.1) is 0 Å². The lowest BCUT2D eigenvalue weighted by molar-refractivity contribution is 0.0971. The van der Waals surface area contributed by atoms with Crippen molar-refractivity contribution in [2.75, 3.05) is 39.3 Å². The molecule has 0 aliphatic carbocycles. The zero-order valence-electron chi connectivity index (χ0n) is 22.8. The Morgan fingerprint density at radius 2 is 0.972 bits per heavy atom. The third-order valence-electron chi connectivity index (χ3n) is 7.53. The highest BCUT2D eigenvalue weighted by molar-refractivity contribution is 6.15. The van der Waals surface area contributed by atoms with Gasteiger partial charge in [0.2, 0.25) is 0 Å². The van der Waals surface area contributed by atoms with E-state index in [9.17, 15) is 9.59 Å². The minimum Gasteiger partial charge on any atom is -0.304 e. The molecule has 0 N–H and O–H groups in total. The third kappa shape index (κ3) is 7.24.